The Morgan fingerprint density at radius 2 is 1.91 bits per heavy atom. The first kappa shape index (κ1) is 15.8. The third-order valence-electron chi connectivity index (χ3n) is 3.76. The first-order valence-corrected chi connectivity index (χ1v) is 7.13. The number of nitrogens with zero attached hydrogens (tertiary/aromatic N) is 1. The zero-order chi connectivity index (χ0) is 16.4. The molecule has 0 bridgehead atoms. The van der Waals surface area contributed by atoms with Crippen molar-refractivity contribution in [2.24, 2.45) is 0 Å². The summed E-state index contributed by atoms with van der Waals surface area (Å²) in [6.07, 6.45) is 0. The lowest BCUT2D eigenvalue weighted by atomic mass is 9.96. The number of benzene rings is 1. The van der Waals surface area contributed by atoms with Crippen LogP contribution in [-0.4, -0.2) is 16.1 Å². The van der Waals surface area contributed by atoms with Crippen molar-refractivity contribution in [1.82, 2.24) is 4.98 Å². The van der Waals surface area contributed by atoms with Crippen molar-refractivity contribution < 1.29 is 9.90 Å². The Morgan fingerprint density at radius 1 is 1.23 bits per heavy atom. The number of aliphatic carboxylic acids is 1. The van der Waals surface area contributed by atoms with Gasteiger partial charge in [0.05, 0.1) is 11.6 Å². The Balaban J connectivity index is 2.32. The predicted molar refractivity (Wildman–Crippen MR) is 88.6 cm³/mol. The first-order valence-electron chi connectivity index (χ1n) is 7.13. The van der Waals surface area contributed by atoms with Crippen molar-refractivity contribution in [3.05, 3.63) is 46.6 Å². The maximum absolute atomic E-state index is 11.1. The Kier molecular flexibility index (Phi) is 4.35. The molecule has 0 radical (unpaired) electrons. The van der Waals surface area contributed by atoms with E-state index < -0.39 is 11.9 Å². The molecule has 0 saturated heterocycles. The molecule has 0 saturated carbocycles. The highest BCUT2D eigenvalue weighted by Crippen LogP contribution is 2.28. The molecule has 5 heteroatoms. The third kappa shape index (κ3) is 3.19. The van der Waals surface area contributed by atoms with E-state index in [1.165, 1.54) is 0 Å². The molecule has 5 nitrogen and oxygen atoms in total. The maximum atomic E-state index is 11.1. The number of carboxylic acids is 1. The number of aromatic nitrogens is 1. The number of hydrogen-bond acceptors (Lipinski definition) is 4. The number of carboxylic acid groups (broad SMARTS) is 1. The number of nitrogens with one attached hydrogen (secondary N) is 1. The molecule has 0 spiro atoms. The minimum Gasteiger partial charge on any atom is -0.481 e. The lowest BCUT2D eigenvalue weighted by Crippen LogP contribution is -2.09. The average Bonchev–Trinajstić information content (AvgIpc) is 2.43. The van der Waals surface area contributed by atoms with E-state index in [1.807, 2.05) is 45.0 Å². The summed E-state index contributed by atoms with van der Waals surface area (Å²) < 4.78 is 0. The fraction of sp³-hybridized carbons (Fsp3) is 0.294. The van der Waals surface area contributed by atoms with Crippen molar-refractivity contribution in [2.45, 2.75) is 33.6 Å². The van der Waals surface area contributed by atoms with Gasteiger partial charge in [0.15, 0.2) is 5.82 Å². The molecule has 22 heavy (non-hydrogen) atoms. The fourth-order valence-corrected chi connectivity index (χ4v) is 2.45. The summed E-state index contributed by atoms with van der Waals surface area (Å²) >= 11 is 0. The normalized spacial score (nSPS) is 12.0. The van der Waals surface area contributed by atoms with Crippen LogP contribution in [0.25, 0.3) is 0 Å². The van der Waals surface area contributed by atoms with Gasteiger partial charge >= 0.3 is 5.97 Å². The molecule has 1 heterocycles. The molecule has 2 aromatic rings. The Labute approximate surface area is 130 Å². The van der Waals surface area contributed by atoms with Gasteiger partial charge in [-0.1, -0.05) is 6.07 Å². The maximum Gasteiger partial charge on any atom is 0.310 e. The van der Waals surface area contributed by atoms with E-state index in [0.717, 1.165) is 28.1 Å². The second-order valence-corrected chi connectivity index (χ2v) is 5.60. The van der Waals surface area contributed by atoms with Crippen LogP contribution in [0.5, 0.6) is 0 Å². The topological polar surface area (TPSA) is 88.2 Å². The third-order valence-corrected chi connectivity index (χ3v) is 3.76. The van der Waals surface area contributed by atoms with Crippen molar-refractivity contribution in [1.29, 1.82) is 0 Å². The number of hydrogen-bond donors (Lipinski definition) is 3. The number of nitrogens with two attached hydrogens (primary N) is 1. The van der Waals surface area contributed by atoms with Crippen molar-refractivity contribution in [2.75, 3.05) is 11.1 Å². The van der Waals surface area contributed by atoms with Gasteiger partial charge in [0.1, 0.15) is 0 Å². The summed E-state index contributed by atoms with van der Waals surface area (Å²) in [7, 11) is 0. The van der Waals surface area contributed by atoms with E-state index in [2.05, 4.69) is 10.3 Å². The predicted octanol–water partition coefficient (Wildman–Crippen LogP) is 3.52. The molecule has 1 aromatic heterocycles. The van der Waals surface area contributed by atoms with E-state index in [4.69, 9.17) is 10.8 Å². The summed E-state index contributed by atoms with van der Waals surface area (Å²) in [4.78, 5) is 15.5. The lowest BCUT2D eigenvalue weighted by Gasteiger charge is -2.15. The molecule has 0 aliphatic carbocycles. The van der Waals surface area contributed by atoms with Crippen LogP contribution in [0.15, 0.2) is 24.3 Å². The van der Waals surface area contributed by atoms with Gasteiger partial charge in [-0.15, -0.1) is 0 Å². The zero-order valence-electron chi connectivity index (χ0n) is 13.3. The van der Waals surface area contributed by atoms with Gasteiger partial charge in [-0.25, -0.2) is 4.98 Å². The molecular formula is C17H21N3O2. The van der Waals surface area contributed by atoms with Crippen LogP contribution in [-0.2, 0) is 4.79 Å². The number of pyridine rings is 1. The van der Waals surface area contributed by atoms with Crippen LogP contribution in [0, 0.1) is 20.8 Å². The molecule has 0 aliphatic heterocycles. The molecule has 2 rings (SSSR count). The smallest absolute Gasteiger partial charge is 0.310 e. The second-order valence-electron chi connectivity index (χ2n) is 5.60. The molecule has 1 atom stereocenters. The van der Waals surface area contributed by atoms with Gasteiger partial charge in [-0.3, -0.25) is 4.79 Å². The van der Waals surface area contributed by atoms with Crippen molar-refractivity contribution >= 4 is 23.2 Å². The molecule has 1 unspecified atom stereocenters. The van der Waals surface area contributed by atoms with Crippen LogP contribution in [0.1, 0.15) is 35.2 Å². The molecule has 0 aliphatic rings. The van der Waals surface area contributed by atoms with Crippen LogP contribution < -0.4 is 11.1 Å². The van der Waals surface area contributed by atoms with E-state index in [9.17, 15) is 4.79 Å². The summed E-state index contributed by atoms with van der Waals surface area (Å²) in [6, 6.07) is 7.52. The minimum absolute atomic E-state index is 0.529. The van der Waals surface area contributed by atoms with E-state index >= 15 is 0 Å². The quantitative estimate of drug-likeness (QED) is 0.804. The molecule has 0 fully saturated rings. The highest BCUT2D eigenvalue weighted by atomic mass is 16.4. The standard InChI is InChI=1S/C17H21N3O2/c1-9-8-13(5-6-14(9)12(4)17(21)22)20-16-15(18)10(2)7-11(3)19-16/h5-8,12H,18H2,1-4H3,(H,19,20)(H,21,22). The Bertz CT molecular complexity index is 726. The number of rotatable bonds is 4. The molecular weight excluding hydrogens is 278 g/mol. The second kappa shape index (κ2) is 6.05. The van der Waals surface area contributed by atoms with Crippen molar-refractivity contribution in [3.63, 3.8) is 0 Å². The van der Waals surface area contributed by atoms with E-state index in [1.54, 1.807) is 6.92 Å². The van der Waals surface area contributed by atoms with Gasteiger partial charge in [0.2, 0.25) is 0 Å². The molecule has 0 amide bonds. The van der Waals surface area contributed by atoms with Crippen LogP contribution >= 0.6 is 0 Å². The van der Waals surface area contributed by atoms with E-state index in [-0.39, 0.29) is 0 Å². The monoisotopic (exact) mass is 299 g/mol. The highest BCUT2D eigenvalue weighted by Gasteiger charge is 2.16. The fourth-order valence-electron chi connectivity index (χ4n) is 2.45. The van der Waals surface area contributed by atoms with Gasteiger partial charge in [-0.2, -0.15) is 0 Å². The molecule has 116 valence electrons. The number of aryl methyl sites for hydroxylation is 3. The first-order chi connectivity index (χ1) is 10.3. The van der Waals surface area contributed by atoms with E-state index in [0.29, 0.717) is 11.5 Å². The van der Waals surface area contributed by atoms with Gasteiger partial charge in [0, 0.05) is 11.4 Å². The number of carbonyl (C=O) groups is 1. The van der Waals surface area contributed by atoms with Gasteiger partial charge in [-0.05, 0) is 62.6 Å². The van der Waals surface area contributed by atoms with Crippen molar-refractivity contribution in [3.8, 4) is 0 Å². The SMILES string of the molecule is Cc1cc(C)c(N)c(Nc2ccc(C(C)C(=O)O)c(C)c2)n1. The average molecular weight is 299 g/mol. The largest absolute Gasteiger partial charge is 0.481 e. The highest BCUT2D eigenvalue weighted by molar-refractivity contribution is 5.77. The summed E-state index contributed by atoms with van der Waals surface area (Å²) in [5.41, 5.74) is 11.1. The summed E-state index contributed by atoms with van der Waals surface area (Å²) in [5.74, 6) is -0.738. The minimum atomic E-state index is -0.830. The van der Waals surface area contributed by atoms with Gasteiger partial charge < -0.3 is 16.2 Å². The van der Waals surface area contributed by atoms with Gasteiger partial charge in [0.25, 0.3) is 0 Å². The van der Waals surface area contributed by atoms with Crippen LogP contribution in [0.4, 0.5) is 17.2 Å². The summed E-state index contributed by atoms with van der Waals surface area (Å²) in [6.45, 7) is 7.44. The molecule has 1 aromatic carbocycles. The lowest BCUT2D eigenvalue weighted by molar-refractivity contribution is -0.138. The Morgan fingerprint density at radius 3 is 2.50 bits per heavy atom. The zero-order valence-corrected chi connectivity index (χ0v) is 13.3. The number of anilines is 3. The Hall–Kier alpha value is -2.56. The summed E-state index contributed by atoms with van der Waals surface area (Å²) in [5, 5.41) is 12.3. The van der Waals surface area contributed by atoms with Crippen LogP contribution in [0.2, 0.25) is 0 Å². The number of nitrogen functional groups attached to an aromatic ring is 1. The molecule has 4 N–H and O–H groups in total. The van der Waals surface area contributed by atoms with Crippen LogP contribution in [0.3, 0.4) is 0 Å².